The Bertz CT molecular complexity index is 457. The lowest BCUT2D eigenvalue weighted by atomic mass is 10.3. The minimum atomic E-state index is -2.91. The van der Waals surface area contributed by atoms with Gasteiger partial charge in [0.25, 0.3) is 0 Å². The minimum absolute atomic E-state index is 0.00840. The van der Waals surface area contributed by atoms with Crippen LogP contribution in [-0.2, 0) is 9.84 Å². The lowest BCUT2D eigenvalue weighted by molar-refractivity contribution is 0.429. The molecule has 0 aliphatic heterocycles. The smallest absolute Gasteiger partial charge is 0.315 e. The van der Waals surface area contributed by atoms with Crippen LogP contribution in [0.3, 0.4) is 0 Å². The molecule has 1 unspecified atom stereocenters. The Morgan fingerprint density at radius 1 is 1.39 bits per heavy atom. The zero-order valence-corrected chi connectivity index (χ0v) is 11.7. The first-order valence-corrected chi connectivity index (χ1v) is 7.97. The van der Waals surface area contributed by atoms with E-state index in [1.807, 2.05) is 13.8 Å². The summed E-state index contributed by atoms with van der Waals surface area (Å²) in [5.74, 6) is 0.664. The van der Waals surface area contributed by atoms with Crippen LogP contribution in [0, 0.1) is 0 Å². The van der Waals surface area contributed by atoms with Crippen LogP contribution >= 0.6 is 0 Å². The molecule has 1 aromatic heterocycles. The van der Waals surface area contributed by atoms with Gasteiger partial charge < -0.3 is 15.1 Å². The lowest BCUT2D eigenvalue weighted by Gasteiger charge is -2.05. The number of nitrogens with one attached hydrogen (secondary N) is 2. The van der Waals surface area contributed by atoms with Crippen LogP contribution in [0.15, 0.2) is 4.42 Å². The van der Waals surface area contributed by atoms with Gasteiger partial charge in [-0.3, -0.25) is 0 Å². The molecule has 0 saturated heterocycles. The summed E-state index contributed by atoms with van der Waals surface area (Å²) in [7, 11) is -2.91. The van der Waals surface area contributed by atoms with Gasteiger partial charge in [-0.2, -0.15) is 0 Å². The molecular weight excluding hydrogens is 256 g/mol. The summed E-state index contributed by atoms with van der Waals surface area (Å²) in [6.07, 6.45) is 1.73. The molecule has 0 amide bonds. The van der Waals surface area contributed by atoms with Crippen LogP contribution in [0.5, 0.6) is 0 Å². The van der Waals surface area contributed by atoms with Crippen molar-refractivity contribution in [1.29, 1.82) is 0 Å². The molecule has 0 aliphatic rings. The molecule has 0 aromatic carbocycles. The molecule has 0 fully saturated rings. The van der Waals surface area contributed by atoms with Gasteiger partial charge in [0.15, 0.2) is 0 Å². The van der Waals surface area contributed by atoms with Crippen molar-refractivity contribution in [3.05, 3.63) is 5.89 Å². The van der Waals surface area contributed by atoms with Crippen LogP contribution in [0.2, 0.25) is 0 Å². The highest BCUT2D eigenvalue weighted by Crippen LogP contribution is 2.13. The summed E-state index contributed by atoms with van der Waals surface area (Å²) in [6.45, 7) is 5.24. The van der Waals surface area contributed by atoms with Crippen LogP contribution < -0.4 is 10.6 Å². The summed E-state index contributed by atoms with van der Waals surface area (Å²) in [4.78, 5) is 0. The number of nitrogens with zero attached hydrogens (tertiary/aromatic N) is 2. The fourth-order valence-electron chi connectivity index (χ4n) is 1.40. The molecular formula is C10H20N4O3S. The average Bonchev–Trinajstić information content (AvgIpc) is 2.72. The normalized spacial score (nSPS) is 13.5. The van der Waals surface area contributed by atoms with Gasteiger partial charge in [0.05, 0.1) is 11.8 Å². The Kier molecular flexibility index (Phi) is 5.54. The van der Waals surface area contributed by atoms with E-state index in [0.717, 1.165) is 6.54 Å². The second kappa shape index (κ2) is 6.69. The van der Waals surface area contributed by atoms with Crippen LogP contribution in [-0.4, -0.2) is 43.7 Å². The minimum Gasteiger partial charge on any atom is -0.406 e. The maximum Gasteiger partial charge on any atom is 0.315 e. The second-order valence-electron chi connectivity index (χ2n) is 4.14. The van der Waals surface area contributed by atoms with Crippen molar-refractivity contribution in [2.75, 3.05) is 30.4 Å². The van der Waals surface area contributed by atoms with E-state index in [2.05, 4.69) is 20.8 Å². The molecule has 2 N–H and O–H groups in total. The quantitative estimate of drug-likeness (QED) is 0.670. The number of hydrogen-bond acceptors (Lipinski definition) is 7. The third kappa shape index (κ3) is 5.46. The zero-order chi connectivity index (χ0) is 13.6. The molecule has 1 rings (SSSR count). The molecule has 1 aromatic rings. The summed E-state index contributed by atoms with van der Waals surface area (Å²) in [5.41, 5.74) is 0. The Morgan fingerprint density at radius 3 is 2.72 bits per heavy atom. The molecule has 0 radical (unpaired) electrons. The zero-order valence-electron chi connectivity index (χ0n) is 10.9. The van der Waals surface area contributed by atoms with E-state index < -0.39 is 9.84 Å². The van der Waals surface area contributed by atoms with E-state index in [0.29, 0.717) is 24.9 Å². The molecule has 0 bridgehead atoms. The first-order chi connectivity index (χ1) is 8.42. The Hall–Kier alpha value is -1.15. The first kappa shape index (κ1) is 14.9. The van der Waals surface area contributed by atoms with E-state index in [9.17, 15) is 8.42 Å². The predicted octanol–water partition coefficient (Wildman–Crippen LogP) is 0.587. The summed E-state index contributed by atoms with van der Waals surface area (Å²) >= 11 is 0. The SMILES string of the molecule is CCNC(C)c1nnc(NCCCS(C)(=O)=O)o1. The Labute approximate surface area is 107 Å². The average molecular weight is 276 g/mol. The molecule has 0 spiro atoms. The highest BCUT2D eigenvalue weighted by molar-refractivity contribution is 7.90. The van der Waals surface area contributed by atoms with Crippen LogP contribution in [0.4, 0.5) is 6.01 Å². The van der Waals surface area contributed by atoms with Gasteiger partial charge in [-0.1, -0.05) is 12.0 Å². The molecule has 1 atom stereocenters. The van der Waals surface area contributed by atoms with E-state index in [1.165, 1.54) is 6.26 Å². The molecule has 8 heteroatoms. The topological polar surface area (TPSA) is 97.1 Å². The van der Waals surface area contributed by atoms with E-state index in [-0.39, 0.29) is 11.8 Å². The Morgan fingerprint density at radius 2 is 2.11 bits per heavy atom. The van der Waals surface area contributed by atoms with Crippen molar-refractivity contribution in [3.8, 4) is 0 Å². The summed E-state index contributed by atoms with van der Waals surface area (Å²) in [5, 5.41) is 13.8. The van der Waals surface area contributed by atoms with Crippen molar-refractivity contribution in [3.63, 3.8) is 0 Å². The lowest BCUT2D eigenvalue weighted by Crippen LogP contribution is -2.17. The number of rotatable bonds is 8. The summed E-state index contributed by atoms with van der Waals surface area (Å²) < 4.78 is 27.2. The van der Waals surface area contributed by atoms with Gasteiger partial charge in [0.1, 0.15) is 9.84 Å². The Balaban J connectivity index is 2.35. The molecule has 0 saturated carbocycles. The molecule has 0 aliphatic carbocycles. The predicted molar refractivity (Wildman–Crippen MR) is 69.2 cm³/mol. The van der Waals surface area contributed by atoms with E-state index in [4.69, 9.17) is 4.42 Å². The van der Waals surface area contributed by atoms with Gasteiger partial charge in [0, 0.05) is 12.8 Å². The fourth-order valence-corrected chi connectivity index (χ4v) is 2.07. The molecule has 104 valence electrons. The van der Waals surface area contributed by atoms with Gasteiger partial charge in [0.2, 0.25) is 5.89 Å². The standard InChI is InChI=1S/C10H20N4O3S/c1-4-11-8(2)9-13-14-10(17-9)12-6-5-7-18(3,15)16/h8,11H,4-7H2,1-3H3,(H,12,14). The van der Waals surface area contributed by atoms with Crippen molar-refractivity contribution in [2.24, 2.45) is 0 Å². The number of sulfone groups is 1. The van der Waals surface area contributed by atoms with Crippen molar-refractivity contribution in [2.45, 2.75) is 26.3 Å². The van der Waals surface area contributed by atoms with Crippen molar-refractivity contribution in [1.82, 2.24) is 15.5 Å². The van der Waals surface area contributed by atoms with Gasteiger partial charge >= 0.3 is 6.01 Å². The van der Waals surface area contributed by atoms with Crippen LogP contribution in [0.25, 0.3) is 0 Å². The van der Waals surface area contributed by atoms with E-state index >= 15 is 0 Å². The van der Waals surface area contributed by atoms with Gasteiger partial charge in [-0.15, -0.1) is 5.10 Å². The molecule has 7 nitrogen and oxygen atoms in total. The first-order valence-electron chi connectivity index (χ1n) is 5.90. The van der Waals surface area contributed by atoms with Gasteiger partial charge in [-0.05, 0) is 19.9 Å². The van der Waals surface area contributed by atoms with Crippen molar-refractivity contribution >= 4 is 15.9 Å². The monoisotopic (exact) mass is 276 g/mol. The third-order valence-corrected chi connectivity index (χ3v) is 3.32. The largest absolute Gasteiger partial charge is 0.406 e. The number of aromatic nitrogens is 2. The molecule has 1 heterocycles. The fraction of sp³-hybridized carbons (Fsp3) is 0.800. The number of anilines is 1. The molecule has 18 heavy (non-hydrogen) atoms. The highest BCUT2D eigenvalue weighted by Gasteiger charge is 2.12. The van der Waals surface area contributed by atoms with Crippen molar-refractivity contribution < 1.29 is 12.8 Å². The second-order valence-corrected chi connectivity index (χ2v) is 6.39. The van der Waals surface area contributed by atoms with Crippen LogP contribution in [0.1, 0.15) is 32.2 Å². The maximum absolute atomic E-state index is 10.9. The summed E-state index contributed by atoms with van der Waals surface area (Å²) in [6, 6.07) is 0.331. The number of hydrogen-bond donors (Lipinski definition) is 2. The van der Waals surface area contributed by atoms with Gasteiger partial charge in [-0.25, -0.2) is 8.42 Å². The third-order valence-electron chi connectivity index (χ3n) is 2.29. The highest BCUT2D eigenvalue weighted by atomic mass is 32.2. The van der Waals surface area contributed by atoms with E-state index in [1.54, 1.807) is 0 Å². The maximum atomic E-state index is 10.9.